The maximum absolute atomic E-state index is 4.79. The standard InChI is InChI=1S/C19H28N2/c1-14(19(2,3)4)12-17(20-5)13-16-11-10-15-8-6-7-9-18(15)21-16/h6-11,14,17,20H,12-13H2,1-5H3. The number of fused-ring (bicyclic) bond motifs is 1. The van der Waals surface area contributed by atoms with Crippen molar-refractivity contribution in [3.05, 3.63) is 42.1 Å². The predicted octanol–water partition coefficient (Wildman–Crippen LogP) is 4.44. The molecule has 0 fully saturated rings. The molecule has 0 aliphatic heterocycles. The van der Waals surface area contributed by atoms with Gasteiger partial charge in [0.15, 0.2) is 0 Å². The number of pyridine rings is 1. The van der Waals surface area contributed by atoms with Crippen LogP contribution >= 0.6 is 0 Å². The number of hydrogen-bond donors (Lipinski definition) is 1. The number of rotatable bonds is 5. The van der Waals surface area contributed by atoms with Crippen LogP contribution in [0.25, 0.3) is 10.9 Å². The summed E-state index contributed by atoms with van der Waals surface area (Å²) < 4.78 is 0. The number of hydrogen-bond acceptors (Lipinski definition) is 2. The lowest BCUT2D eigenvalue weighted by molar-refractivity contribution is 0.224. The summed E-state index contributed by atoms with van der Waals surface area (Å²) >= 11 is 0. The van der Waals surface area contributed by atoms with Crippen LogP contribution < -0.4 is 5.32 Å². The largest absolute Gasteiger partial charge is 0.317 e. The summed E-state index contributed by atoms with van der Waals surface area (Å²) in [4.78, 5) is 4.79. The van der Waals surface area contributed by atoms with Crippen molar-refractivity contribution in [3.8, 4) is 0 Å². The van der Waals surface area contributed by atoms with E-state index in [1.165, 1.54) is 17.5 Å². The van der Waals surface area contributed by atoms with E-state index in [0.29, 0.717) is 17.4 Å². The molecule has 0 aliphatic carbocycles. The van der Waals surface area contributed by atoms with Crippen LogP contribution in [0.4, 0.5) is 0 Å². The molecular weight excluding hydrogens is 256 g/mol. The number of benzene rings is 1. The molecular formula is C19H28N2. The van der Waals surface area contributed by atoms with Gasteiger partial charge in [-0.1, -0.05) is 52.0 Å². The Hall–Kier alpha value is -1.41. The van der Waals surface area contributed by atoms with E-state index in [9.17, 15) is 0 Å². The average molecular weight is 284 g/mol. The minimum Gasteiger partial charge on any atom is -0.317 e. The van der Waals surface area contributed by atoms with Crippen LogP contribution in [0.3, 0.4) is 0 Å². The fraction of sp³-hybridized carbons (Fsp3) is 0.526. The third-order valence-electron chi connectivity index (χ3n) is 4.64. The number of likely N-dealkylation sites (N-methyl/N-ethyl adjacent to an activating group) is 1. The molecule has 2 atom stereocenters. The Bertz CT molecular complexity index is 583. The Morgan fingerprint density at radius 2 is 1.81 bits per heavy atom. The van der Waals surface area contributed by atoms with Crippen LogP contribution in [0.1, 0.15) is 39.8 Å². The number of nitrogens with zero attached hydrogens (tertiary/aromatic N) is 1. The highest BCUT2D eigenvalue weighted by molar-refractivity contribution is 5.78. The molecule has 0 saturated heterocycles. The summed E-state index contributed by atoms with van der Waals surface area (Å²) in [6, 6.07) is 13.1. The minimum absolute atomic E-state index is 0.353. The quantitative estimate of drug-likeness (QED) is 0.878. The van der Waals surface area contributed by atoms with Crippen LogP contribution in [-0.2, 0) is 6.42 Å². The van der Waals surface area contributed by atoms with Crippen molar-refractivity contribution < 1.29 is 0 Å². The zero-order chi connectivity index (χ0) is 15.5. The van der Waals surface area contributed by atoms with Crippen LogP contribution in [0, 0.1) is 11.3 Å². The first-order chi connectivity index (χ1) is 9.90. The molecule has 1 aromatic carbocycles. The predicted molar refractivity (Wildman–Crippen MR) is 91.5 cm³/mol. The zero-order valence-corrected chi connectivity index (χ0v) is 14.0. The zero-order valence-electron chi connectivity index (χ0n) is 14.0. The monoisotopic (exact) mass is 284 g/mol. The van der Waals surface area contributed by atoms with E-state index < -0.39 is 0 Å². The molecule has 2 aromatic rings. The molecule has 1 aromatic heterocycles. The highest BCUT2D eigenvalue weighted by Crippen LogP contribution is 2.29. The lowest BCUT2D eigenvalue weighted by atomic mass is 9.78. The van der Waals surface area contributed by atoms with Crippen molar-refractivity contribution in [2.24, 2.45) is 11.3 Å². The van der Waals surface area contributed by atoms with Crippen LogP contribution in [0.2, 0.25) is 0 Å². The third-order valence-corrected chi connectivity index (χ3v) is 4.64. The molecule has 2 heteroatoms. The van der Waals surface area contributed by atoms with E-state index in [-0.39, 0.29) is 0 Å². The molecule has 21 heavy (non-hydrogen) atoms. The van der Waals surface area contributed by atoms with Crippen molar-refractivity contribution >= 4 is 10.9 Å². The van der Waals surface area contributed by atoms with Crippen LogP contribution in [-0.4, -0.2) is 18.1 Å². The van der Waals surface area contributed by atoms with Gasteiger partial charge in [-0.2, -0.15) is 0 Å². The van der Waals surface area contributed by atoms with Gasteiger partial charge in [0.05, 0.1) is 5.52 Å². The Balaban J connectivity index is 2.09. The van der Waals surface area contributed by atoms with E-state index in [4.69, 9.17) is 4.98 Å². The summed E-state index contributed by atoms with van der Waals surface area (Å²) in [6.45, 7) is 9.30. The maximum atomic E-state index is 4.79. The van der Waals surface area contributed by atoms with Crippen molar-refractivity contribution in [3.63, 3.8) is 0 Å². The second-order valence-corrected chi connectivity index (χ2v) is 7.19. The van der Waals surface area contributed by atoms with Gasteiger partial charge >= 0.3 is 0 Å². The van der Waals surface area contributed by atoms with Crippen LogP contribution in [0.5, 0.6) is 0 Å². The number of aromatic nitrogens is 1. The molecule has 0 radical (unpaired) electrons. The van der Waals surface area contributed by atoms with Crippen molar-refractivity contribution in [2.45, 2.75) is 46.6 Å². The molecule has 0 saturated carbocycles. The minimum atomic E-state index is 0.353. The SMILES string of the molecule is CNC(Cc1ccc2ccccc2n1)CC(C)C(C)(C)C. The smallest absolute Gasteiger partial charge is 0.0705 e. The summed E-state index contributed by atoms with van der Waals surface area (Å²) in [5.41, 5.74) is 2.62. The fourth-order valence-electron chi connectivity index (χ4n) is 2.56. The van der Waals surface area contributed by atoms with Gasteiger partial charge in [0, 0.05) is 23.5 Å². The fourth-order valence-corrected chi connectivity index (χ4v) is 2.56. The number of nitrogens with one attached hydrogen (secondary N) is 1. The molecule has 0 amide bonds. The molecule has 0 spiro atoms. The Morgan fingerprint density at radius 3 is 2.48 bits per heavy atom. The van der Waals surface area contributed by atoms with E-state index in [0.717, 1.165) is 11.9 Å². The van der Waals surface area contributed by atoms with E-state index in [2.05, 4.69) is 76.5 Å². The molecule has 2 nitrogen and oxygen atoms in total. The third kappa shape index (κ3) is 4.28. The molecule has 114 valence electrons. The van der Waals surface area contributed by atoms with Gasteiger partial charge in [-0.3, -0.25) is 4.98 Å². The highest BCUT2D eigenvalue weighted by Gasteiger charge is 2.23. The van der Waals surface area contributed by atoms with Crippen molar-refractivity contribution in [2.75, 3.05) is 7.05 Å². The second kappa shape index (κ2) is 6.57. The first-order valence-electron chi connectivity index (χ1n) is 7.92. The van der Waals surface area contributed by atoms with Crippen molar-refractivity contribution in [1.82, 2.24) is 10.3 Å². The van der Waals surface area contributed by atoms with E-state index >= 15 is 0 Å². The van der Waals surface area contributed by atoms with E-state index in [1.807, 2.05) is 0 Å². The van der Waals surface area contributed by atoms with Gasteiger partial charge in [0.25, 0.3) is 0 Å². The molecule has 2 rings (SSSR count). The van der Waals surface area contributed by atoms with Crippen molar-refractivity contribution in [1.29, 1.82) is 0 Å². The normalized spacial score (nSPS) is 15.1. The lowest BCUT2D eigenvalue weighted by Crippen LogP contribution is -2.33. The average Bonchev–Trinajstić information content (AvgIpc) is 2.45. The molecule has 1 N–H and O–H groups in total. The lowest BCUT2D eigenvalue weighted by Gasteiger charge is -2.30. The Morgan fingerprint density at radius 1 is 1.10 bits per heavy atom. The van der Waals surface area contributed by atoms with Gasteiger partial charge in [-0.15, -0.1) is 0 Å². The first kappa shape index (κ1) is 16.0. The summed E-state index contributed by atoms with van der Waals surface area (Å²) in [5, 5.41) is 4.67. The first-order valence-corrected chi connectivity index (χ1v) is 7.92. The topological polar surface area (TPSA) is 24.9 Å². The Kier molecular flexibility index (Phi) is 5.00. The van der Waals surface area contributed by atoms with Crippen LogP contribution in [0.15, 0.2) is 36.4 Å². The maximum Gasteiger partial charge on any atom is 0.0705 e. The van der Waals surface area contributed by atoms with Gasteiger partial charge in [0.2, 0.25) is 0 Å². The van der Waals surface area contributed by atoms with Gasteiger partial charge in [-0.05, 0) is 36.9 Å². The van der Waals surface area contributed by atoms with Gasteiger partial charge in [-0.25, -0.2) is 0 Å². The molecule has 0 bridgehead atoms. The second-order valence-electron chi connectivity index (χ2n) is 7.19. The molecule has 1 heterocycles. The van der Waals surface area contributed by atoms with E-state index in [1.54, 1.807) is 0 Å². The molecule has 0 aliphatic rings. The summed E-state index contributed by atoms with van der Waals surface area (Å²) in [7, 11) is 2.06. The van der Waals surface area contributed by atoms with Gasteiger partial charge in [0.1, 0.15) is 0 Å². The molecule has 2 unspecified atom stereocenters. The number of para-hydroxylation sites is 1. The van der Waals surface area contributed by atoms with Gasteiger partial charge < -0.3 is 5.32 Å². The highest BCUT2D eigenvalue weighted by atomic mass is 14.9. The summed E-state index contributed by atoms with van der Waals surface area (Å²) in [5.74, 6) is 0.676. The summed E-state index contributed by atoms with van der Waals surface area (Å²) in [6.07, 6.45) is 2.16. The Labute approximate surface area is 129 Å².